The SMILES string of the molecule is CN(C)C(=O)COc1ccccc1C(=O)Nc1ccc(C(=O)N(C)C)cc1. The van der Waals surface area contributed by atoms with Crippen LogP contribution in [0.4, 0.5) is 5.69 Å². The van der Waals surface area contributed by atoms with E-state index in [1.54, 1.807) is 76.7 Å². The lowest BCUT2D eigenvalue weighted by molar-refractivity contribution is -0.130. The smallest absolute Gasteiger partial charge is 0.259 e. The maximum absolute atomic E-state index is 12.6. The summed E-state index contributed by atoms with van der Waals surface area (Å²) < 4.78 is 5.49. The van der Waals surface area contributed by atoms with Crippen LogP contribution >= 0.6 is 0 Å². The number of nitrogens with zero attached hydrogens (tertiary/aromatic N) is 2. The van der Waals surface area contributed by atoms with Crippen LogP contribution < -0.4 is 10.1 Å². The molecule has 27 heavy (non-hydrogen) atoms. The molecule has 0 heterocycles. The minimum absolute atomic E-state index is 0.114. The number of ether oxygens (including phenoxy) is 1. The Hall–Kier alpha value is -3.35. The van der Waals surface area contributed by atoms with Crippen molar-refractivity contribution in [3.8, 4) is 5.75 Å². The fourth-order valence-corrected chi connectivity index (χ4v) is 2.20. The molecular weight excluding hydrogens is 346 g/mol. The van der Waals surface area contributed by atoms with Crippen LogP contribution in [-0.4, -0.2) is 62.3 Å². The number of hydrogen-bond donors (Lipinski definition) is 1. The first kappa shape index (κ1) is 20.0. The Balaban J connectivity index is 2.10. The summed E-state index contributed by atoms with van der Waals surface area (Å²) in [5.74, 6) is -0.359. The van der Waals surface area contributed by atoms with Crippen molar-refractivity contribution in [2.75, 3.05) is 40.1 Å². The molecule has 0 spiro atoms. The average molecular weight is 369 g/mol. The van der Waals surface area contributed by atoms with E-state index < -0.39 is 0 Å². The van der Waals surface area contributed by atoms with Crippen LogP contribution in [0.25, 0.3) is 0 Å². The number of likely N-dealkylation sites (N-methyl/N-ethyl adjacent to an activating group) is 1. The van der Waals surface area contributed by atoms with E-state index in [-0.39, 0.29) is 24.3 Å². The van der Waals surface area contributed by atoms with Crippen LogP contribution in [0.1, 0.15) is 20.7 Å². The third-order valence-corrected chi connectivity index (χ3v) is 3.78. The van der Waals surface area contributed by atoms with Gasteiger partial charge in [0.15, 0.2) is 6.61 Å². The zero-order valence-electron chi connectivity index (χ0n) is 15.9. The van der Waals surface area contributed by atoms with Crippen molar-refractivity contribution in [2.45, 2.75) is 0 Å². The number of nitrogens with one attached hydrogen (secondary N) is 1. The monoisotopic (exact) mass is 369 g/mol. The summed E-state index contributed by atoms with van der Waals surface area (Å²) in [7, 11) is 6.62. The molecule has 0 saturated heterocycles. The van der Waals surface area contributed by atoms with Gasteiger partial charge in [0.1, 0.15) is 5.75 Å². The Morgan fingerprint density at radius 3 is 2.11 bits per heavy atom. The third-order valence-electron chi connectivity index (χ3n) is 3.78. The summed E-state index contributed by atoms with van der Waals surface area (Å²) in [6, 6.07) is 13.3. The fourth-order valence-electron chi connectivity index (χ4n) is 2.20. The van der Waals surface area contributed by atoms with Gasteiger partial charge in [-0.15, -0.1) is 0 Å². The molecule has 7 nitrogen and oxygen atoms in total. The standard InChI is InChI=1S/C20H23N3O4/c1-22(2)18(24)13-27-17-8-6-5-7-16(17)19(25)21-15-11-9-14(10-12-15)20(26)23(3)4/h5-12H,13H2,1-4H3,(H,21,25). The topological polar surface area (TPSA) is 79.0 Å². The van der Waals surface area contributed by atoms with Crippen molar-refractivity contribution in [3.63, 3.8) is 0 Å². The van der Waals surface area contributed by atoms with Crippen molar-refractivity contribution in [1.29, 1.82) is 0 Å². The molecule has 0 saturated carbocycles. The second-order valence-corrected chi connectivity index (χ2v) is 6.30. The quantitative estimate of drug-likeness (QED) is 0.846. The average Bonchev–Trinajstić information content (AvgIpc) is 2.66. The Bertz CT molecular complexity index is 829. The van der Waals surface area contributed by atoms with Crippen LogP contribution in [0.15, 0.2) is 48.5 Å². The predicted octanol–water partition coefficient (Wildman–Crippen LogP) is 2.11. The summed E-state index contributed by atoms with van der Waals surface area (Å²) in [5.41, 5.74) is 1.40. The van der Waals surface area contributed by atoms with Crippen molar-refractivity contribution in [3.05, 3.63) is 59.7 Å². The molecule has 0 aliphatic rings. The zero-order chi connectivity index (χ0) is 20.0. The summed E-state index contributed by atoms with van der Waals surface area (Å²) >= 11 is 0. The first-order valence-corrected chi connectivity index (χ1v) is 8.34. The van der Waals surface area contributed by atoms with Gasteiger partial charge in [0.05, 0.1) is 5.56 Å². The molecule has 0 unspecified atom stereocenters. The highest BCUT2D eigenvalue weighted by atomic mass is 16.5. The molecule has 2 rings (SSSR count). The van der Waals surface area contributed by atoms with Gasteiger partial charge in [-0.05, 0) is 36.4 Å². The first-order chi connectivity index (χ1) is 12.8. The van der Waals surface area contributed by atoms with E-state index in [1.807, 2.05) is 0 Å². The molecule has 0 fully saturated rings. The van der Waals surface area contributed by atoms with Gasteiger partial charge in [-0.1, -0.05) is 12.1 Å². The van der Waals surface area contributed by atoms with Crippen molar-refractivity contribution in [2.24, 2.45) is 0 Å². The van der Waals surface area contributed by atoms with E-state index in [0.717, 1.165) is 0 Å². The van der Waals surface area contributed by atoms with Gasteiger partial charge in [-0.3, -0.25) is 14.4 Å². The Morgan fingerprint density at radius 2 is 1.52 bits per heavy atom. The molecule has 1 N–H and O–H groups in total. The molecule has 2 aromatic rings. The molecule has 142 valence electrons. The van der Waals surface area contributed by atoms with Crippen molar-refractivity contribution >= 4 is 23.4 Å². The number of rotatable bonds is 6. The highest BCUT2D eigenvalue weighted by Gasteiger charge is 2.15. The second kappa shape index (κ2) is 8.84. The number of carbonyl (C=O) groups is 3. The Morgan fingerprint density at radius 1 is 0.889 bits per heavy atom. The van der Waals surface area contributed by atoms with E-state index in [2.05, 4.69) is 5.32 Å². The Labute approximate surface area is 158 Å². The van der Waals surface area contributed by atoms with Gasteiger partial charge in [-0.2, -0.15) is 0 Å². The highest BCUT2D eigenvalue weighted by molar-refractivity contribution is 6.06. The molecule has 0 aliphatic carbocycles. The van der Waals surface area contributed by atoms with E-state index in [0.29, 0.717) is 22.6 Å². The summed E-state index contributed by atoms with van der Waals surface area (Å²) in [4.78, 5) is 39.1. The lowest BCUT2D eigenvalue weighted by Gasteiger charge is -2.14. The van der Waals surface area contributed by atoms with E-state index in [1.165, 1.54) is 9.80 Å². The maximum atomic E-state index is 12.6. The highest BCUT2D eigenvalue weighted by Crippen LogP contribution is 2.20. The molecular formula is C20H23N3O4. The molecule has 7 heteroatoms. The molecule has 0 bridgehead atoms. The molecule has 2 aromatic carbocycles. The number of carbonyl (C=O) groups excluding carboxylic acids is 3. The van der Waals surface area contributed by atoms with Gasteiger partial charge in [0.25, 0.3) is 17.7 Å². The summed E-state index contributed by atoms with van der Waals surface area (Å²) in [6.07, 6.45) is 0. The normalized spacial score (nSPS) is 10.1. The molecule has 0 aliphatic heterocycles. The lowest BCUT2D eigenvalue weighted by Crippen LogP contribution is -2.28. The second-order valence-electron chi connectivity index (χ2n) is 6.30. The number of anilines is 1. The maximum Gasteiger partial charge on any atom is 0.259 e. The van der Waals surface area contributed by atoms with Crippen LogP contribution in [0.5, 0.6) is 5.75 Å². The summed E-state index contributed by atoms with van der Waals surface area (Å²) in [6.45, 7) is -0.154. The van der Waals surface area contributed by atoms with Gasteiger partial charge >= 0.3 is 0 Å². The minimum Gasteiger partial charge on any atom is -0.483 e. The number of hydrogen-bond acceptors (Lipinski definition) is 4. The third kappa shape index (κ3) is 5.31. The van der Waals surface area contributed by atoms with Crippen LogP contribution in [0.3, 0.4) is 0 Å². The minimum atomic E-state index is -0.366. The van der Waals surface area contributed by atoms with Gasteiger partial charge in [0, 0.05) is 39.4 Å². The molecule has 0 atom stereocenters. The van der Waals surface area contributed by atoms with Crippen LogP contribution in [0, 0.1) is 0 Å². The number of para-hydroxylation sites is 1. The molecule has 3 amide bonds. The van der Waals surface area contributed by atoms with E-state index in [9.17, 15) is 14.4 Å². The number of benzene rings is 2. The van der Waals surface area contributed by atoms with Gasteiger partial charge in [0.2, 0.25) is 0 Å². The van der Waals surface area contributed by atoms with Crippen molar-refractivity contribution < 1.29 is 19.1 Å². The van der Waals surface area contributed by atoms with Crippen molar-refractivity contribution in [1.82, 2.24) is 9.80 Å². The summed E-state index contributed by atoms with van der Waals surface area (Å²) in [5, 5.41) is 2.77. The predicted molar refractivity (Wildman–Crippen MR) is 103 cm³/mol. The molecule has 0 aromatic heterocycles. The fraction of sp³-hybridized carbons (Fsp3) is 0.250. The first-order valence-electron chi connectivity index (χ1n) is 8.34. The number of amides is 3. The largest absolute Gasteiger partial charge is 0.483 e. The molecule has 0 radical (unpaired) electrons. The van der Waals surface area contributed by atoms with Crippen LogP contribution in [-0.2, 0) is 4.79 Å². The van der Waals surface area contributed by atoms with Gasteiger partial charge in [-0.25, -0.2) is 0 Å². The lowest BCUT2D eigenvalue weighted by atomic mass is 10.1. The van der Waals surface area contributed by atoms with E-state index in [4.69, 9.17) is 4.74 Å². The zero-order valence-corrected chi connectivity index (χ0v) is 15.9. The van der Waals surface area contributed by atoms with Gasteiger partial charge < -0.3 is 19.9 Å². The van der Waals surface area contributed by atoms with Crippen LogP contribution in [0.2, 0.25) is 0 Å². The Kier molecular flexibility index (Phi) is 6.54. The van der Waals surface area contributed by atoms with E-state index >= 15 is 0 Å².